The van der Waals surface area contributed by atoms with E-state index in [1.807, 2.05) is 59.5 Å². The van der Waals surface area contributed by atoms with Crippen LogP contribution in [-0.2, 0) is 0 Å². The van der Waals surface area contributed by atoms with Gasteiger partial charge in [0.25, 0.3) is 5.91 Å². The first-order chi connectivity index (χ1) is 13.8. The van der Waals surface area contributed by atoms with Crippen molar-refractivity contribution in [1.82, 2.24) is 29.9 Å². The van der Waals surface area contributed by atoms with Crippen LogP contribution in [0.2, 0.25) is 0 Å². The molecule has 0 saturated carbocycles. The number of hydrogen-bond donors (Lipinski definition) is 1. The SMILES string of the molecule is O=C(c1cn(-c2ccccc2)nn1)N1CCCC(c2nc3ccccc3[nH]2)C1. The van der Waals surface area contributed by atoms with Gasteiger partial charge in [0.15, 0.2) is 5.69 Å². The maximum atomic E-state index is 13.0. The largest absolute Gasteiger partial charge is 0.342 e. The first-order valence-corrected chi connectivity index (χ1v) is 9.49. The molecule has 140 valence electrons. The van der Waals surface area contributed by atoms with Crippen molar-refractivity contribution in [2.24, 2.45) is 0 Å². The average molecular weight is 372 g/mol. The molecule has 0 bridgehead atoms. The van der Waals surface area contributed by atoms with Crippen molar-refractivity contribution in [1.29, 1.82) is 0 Å². The molecule has 2 aromatic heterocycles. The van der Waals surface area contributed by atoms with Gasteiger partial charge in [0.05, 0.1) is 22.9 Å². The van der Waals surface area contributed by atoms with Gasteiger partial charge >= 0.3 is 0 Å². The lowest BCUT2D eigenvalue weighted by Gasteiger charge is -2.31. The molecule has 1 amide bonds. The van der Waals surface area contributed by atoms with Crippen molar-refractivity contribution in [2.45, 2.75) is 18.8 Å². The number of H-pyrrole nitrogens is 1. The van der Waals surface area contributed by atoms with E-state index in [9.17, 15) is 4.79 Å². The number of carbonyl (C=O) groups excluding carboxylic acids is 1. The number of aromatic nitrogens is 5. The second-order valence-corrected chi connectivity index (χ2v) is 7.11. The third-order valence-electron chi connectivity index (χ3n) is 5.24. The van der Waals surface area contributed by atoms with E-state index in [1.54, 1.807) is 10.9 Å². The number of amides is 1. The Morgan fingerprint density at radius 2 is 1.89 bits per heavy atom. The Bertz CT molecular complexity index is 1080. The molecule has 5 rings (SSSR count). The van der Waals surface area contributed by atoms with Gasteiger partial charge in [-0.1, -0.05) is 35.5 Å². The molecule has 7 nitrogen and oxygen atoms in total. The average Bonchev–Trinajstić information content (AvgIpc) is 3.41. The number of nitrogens with one attached hydrogen (secondary N) is 1. The van der Waals surface area contributed by atoms with Crippen molar-refractivity contribution in [3.63, 3.8) is 0 Å². The molecule has 0 aliphatic carbocycles. The lowest BCUT2D eigenvalue weighted by Crippen LogP contribution is -2.39. The number of likely N-dealkylation sites (tertiary alicyclic amines) is 1. The molecule has 0 radical (unpaired) electrons. The molecule has 4 aromatic rings. The zero-order chi connectivity index (χ0) is 18.9. The van der Waals surface area contributed by atoms with Crippen LogP contribution >= 0.6 is 0 Å². The molecule has 1 aliphatic rings. The van der Waals surface area contributed by atoms with Crippen molar-refractivity contribution >= 4 is 16.9 Å². The number of benzene rings is 2. The number of piperidine rings is 1. The molecule has 2 aromatic carbocycles. The number of para-hydroxylation sites is 3. The fourth-order valence-corrected chi connectivity index (χ4v) is 3.78. The highest BCUT2D eigenvalue weighted by molar-refractivity contribution is 5.92. The van der Waals surface area contributed by atoms with Crippen LogP contribution in [0.5, 0.6) is 0 Å². The van der Waals surface area contributed by atoms with Crippen molar-refractivity contribution < 1.29 is 4.79 Å². The van der Waals surface area contributed by atoms with Gasteiger partial charge in [-0.25, -0.2) is 9.67 Å². The number of rotatable bonds is 3. The number of aromatic amines is 1. The minimum Gasteiger partial charge on any atom is -0.342 e. The highest BCUT2D eigenvalue weighted by atomic mass is 16.2. The van der Waals surface area contributed by atoms with Gasteiger partial charge in [-0.05, 0) is 37.1 Å². The summed E-state index contributed by atoms with van der Waals surface area (Å²) in [5.41, 5.74) is 3.25. The Kier molecular flexibility index (Phi) is 4.12. The first-order valence-electron chi connectivity index (χ1n) is 9.49. The molecule has 0 spiro atoms. The van der Waals surface area contributed by atoms with Crippen LogP contribution in [0.25, 0.3) is 16.7 Å². The molecule has 1 unspecified atom stereocenters. The Morgan fingerprint density at radius 1 is 1.07 bits per heavy atom. The summed E-state index contributed by atoms with van der Waals surface area (Å²) >= 11 is 0. The summed E-state index contributed by atoms with van der Waals surface area (Å²) in [6, 6.07) is 17.7. The molecule has 1 saturated heterocycles. The molecule has 1 aliphatic heterocycles. The lowest BCUT2D eigenvalue weighted by molar-refractivity contribution is 0.0699. The van der Waals surface area contributed by atoms with Gasteiger partial charge in [-0.15, -0.1) is 5.10 Å². The summed E-state index contributed by atoms with van der Waals surface area (Å²) in [6.45, 7) is 1.37. The minimum atomic E-state index is -0.0806. The van der Waals surface area contributed by atoms with Gasteiger partial charge in [-0.2, -0.15) is 0 Å². The Labute approximate surface area is 162 Å². The second kappa shape index (κ2) is 6.92. The van der Waals surface area contributed by atoms with E-state index in [1.165, 1.54) is 0 Å². The van der Waals surface area contributed by atoms with E-state index < -0.39 is 0 Å². The highest BCUT2D eigenvalue weighted by Gasteiger charge is 2.28. The monoisotopic (exact) mass is 372 g/mol. The van der Waals surface area contributed by atoms with Gasteiger partial charge in [-0.3, -0.25) is 4.79 Å². The van der Waals surface area contributed by atoms with Crippen molar-refractivity contribution in [3.8, 4) is 5.69 Å². The number of imidazole rings is 1. The van der Waals surface area contributed by atoms with E-state index in [0.29, 0.717) is 12.2 Å². The van der Waals surface area contributed by atoms with Crippen LogP contribution in [-0.4, -0.2) is 48.9 Å². The molecular formula is C21H20N6O. The topological polar surface area (TPSA) is 79.7 Å². The molecule has 1 fully saturated rings. The van der Waals surface area contributed by atoms with Crippen LogP contribution in [0.4, 0.5) is 0 Å². The number of carbonyl (C=O) groups is 1. The van der Waals surface area contributed by atoms with E-state index >= 15 is 0 Å². The third kappa shape index (κ3) is 3.05. The summed E-state index contributed by atoms with van der Waals surface area (Å²) in [4.78, 5) is 23.0. The van der Waals surface area contributed by atoms with E-state index in [-0.39, 0.29) is 11.8 Å². The summed E-state index contributed by atoms with van der Waals surface area (Å²) in [5, 5.41) is 8.21. The van der Waals surface area contributed by atoms with Crippen LogP contribution in [0.3, 0.4) is 0 Å². The Morgan fingerprint density at radius 3 is 2.75 bits per heavy atom. The van der Waals surface area contributed by atoms with E-state index in [4.69, 9.17) is 4.98 Å². The second-order valence-electron chi connectivity index (χ2n) is 7.11. The lowest BCUT2D eigenvalue weighted by atomic mass is 9.97. The van der Waals surface area contributed by atoms with Crippen molar-refractivity contribution in [2.75, 3.05) is 13.1 Å². The van der Waals surface area contributed by atoms with Crippen LogP contribution in [0, 0.1) is 0 Å². The fraction of sp³-hybridized carbons (Fsp3) is 0.238. The predicted molar refractivity (Wildman–Crippen MR) is 105 cm³/mol. The quantitative estimate of drug-likeness (QED) is 0.599. The summed E-state index contributed by atoms with van der Waals surface area (Å²) in [6.07, 6.45) is 3.66. The molecular weight excluding hydrogens is 352 g/mol. The van der Waals surface area contributed by atoms with Crippen LogP contribution in [0.1, 0.15) is 35.1 Å². The molecule has 28 heavy (non-hydrogen) atoms. The molecule has 1 N–H and O–H groups in total. The van der Waals surface area contributed by atoms with Gasteiger partial charge in [0.2, 0.25) is 0 Å². The highest BCUT2D eigenvalue weighted by Crippen LogP contribution is 2.27. The van der Waals surface area contributed by atoms with Gasteiger partial charge in [0, 0.05) is 19.0 Å². The van der Waals surface area contributed by atoms with E-state index in [2.05, 4.69) is 15.3 Å². The summed E-state index contributed by atoms with van der Waals surface area (Å²) in [7, 11) is 0. The maximum Gasteiger partial charge on any atom is 0.276 e. The summed E-state index contributed by atoms with van der Waals surface area (Å²) < 4.78 is 1.63. The Hall–Kier alpha value is -3.48. The predicted octanol–water partition coefficient (Wildman–Crippen LogP) is 3.16. The molecule has 1 atom stereocenters. The number of fused-ring (bicyclic) bond motifs is 1. The van der Waals surface area contributed by atoms with E-state index in [0.717, 1.165) is 41.9 Å². The van der Waals surface area contributed by atoms with Crippen LogP contribution in [0.15, 0.2) is 60.8 Å². The fourth-order valence-electron chi connectivity index (χ4n) is 3.78. The summed E-state index contributed by atoms with van der Waals surface area (Å²) in [5.74, 6) is 1.07. The molecule has 7 heteroatoms. The maximum absolute atomic E-state index is 13.0. The normalized spacial score (nSPS) is 17.1. The van der Waals surface area contributed by atoms with Gasteiger partial charge < -0.3 is 9.88 Å². The molecule has 3 heterocycles. The third-order valence-corrected chi connectivity index (χ3v) is 5.24. The zero-order valence-corrected chi connectivity index (χ0v) is 15.3. The standard InChI is InChI=1S/C21H20N6O/c28-21(19-14-27(25-24-19)16-8-2-1-3-9-16)26-12-6-7-15(13-26)20-22-17-10-4-5-11-18(17)23-20/h1-5,8-11,14-15H,6-7,12-13H2,(H,22,23). The smallest absolute Gasteiger partial charge is 0.276 e. The minimum absolute atomic E-state index is 0.0806. The zero-order valence-electron chi connectivity index (χ0n) is 15.3. The number of nitrogens with zero attached hydrogens (tertiary/aromatic N) is 5. The van der Waals surface area contributed by atoms with Crippen LogP contribution < -0.4 is 0 Å². The number of hydrogen-bond acceptors (Lipinski definition) is 4. The van der Waals surface area contributed by atoms with Crippen molar-refractivity contribution in [3.05, 3.63) is 72.3 Å². The Balaban J connectivity index is 1.35. The first kappa shape index (κ1) is 16.7. The van der Waals surface area contributed by atoms with Gasteiger partial charge in [0.1, 0.15) is 5.82 Å².